The molecule has 4 aromatic rings. The van der Waals surface area contributed by atoms with E-state index in [9.17, 15) is 14.7 Å². The molecular formula is C29H25N3O4. The zero-order chi connectivity index (χ0) is 25.4. The maximum atomic E-state index is 12.9. The number of hydrogen-bond donors (Lipinski definition) is 2. The Morgan fingerprint density at radius 3 is 2.39 bits per heavy atom. The molecule has 0 aliphatic carbocycles. The third-order valence-electron chi connectivity index (χ3n) is 6.16. The van der Waals surface area contributed by atoms with Gasteiger partial charge in [0.15, 0.2) is 5.75 Å². The molecule has 2 heterocycles. The number of rotatable bonds is 6. The molecule has 0 radical (unpaired) electrons. The molecule has 7 nitrogen and oxygen atoms in total. The Bertz CT molecular complexity index is 1520. The van der Waals surface area contributed by atoms with Crippen molar-refractivity contribution in [1.82, 2.24) is 4.57 Å². The highest BCUT2D eigenvalue weighted by molar-refractivity contribution is 6.05. The van der Waals surface area contributed by atoms with Gasteiger partial charge < -0.3 is 15.2 Å². The van der Waals surface area contributed by atoms with E-state index in [1.807, 2.05) is 67.2 Å². The van der Waals surface area contributed by atoms with Crippen LogP contribution in [-0.2, 0) is 4.79 Å². The molecule has 1 atom stereocenters. The van der Waals surface area contributed by atoms with Crippen molar-refractivity contribution in [3.05, 3.63) is 109 Å². The normalized spacial score (nSPS) is 13.4. The number of amides is 1. The molecule has 1 amide bonds. The summed E-state index contributed by atoms with van der Waals surface area (Å²) in [6, 6.07) is 18.2. The van der Waals surface area contributed by atoms with Gasteiger partial charge in [0.2, 0.25) is 5.88 Å². The number of carbonyl (C=O) groups is 2. The van der Waals surface area contributed by atoms with Crippen LogP contribution in [-0.4, -0.2) is 21.6 Å². The summed E-state index contributed by atoms with van der Waals surface area (Å²) in [4.78, 5) is 26.2. The van der Waals surface area contributed by atoms with Crippen LogP contribution in [0.4, 0.5) is 11.4 Å². The fourth-order valence-electron chi connectivity index (χ4n) is 4.42. The largest absolute Gasteiger partial charge is 0.478 e. The maximum Gasteiger partial charge on any atom is 0.337 e. The lowest BCUT2D eigenvalue weighted by atomic mass is 10.0. The van der Waals surface area contributed by atoms with Crippen molar-refractivity contribution in [1.29, 1.82) is 0 Å². The number of anilines is 2. The molecule has 1 unspecified atom stereocenters. The first kappa shape index (κ1) is 23.0. The molecule has 0 bridgehead atoms. The lowest BCUT2D eigenvalue weighted by Crippen LogP contribution is -2.29. The van der Waals surface area contributed by atoms with Crippen LogP contribution in [0.5, 0.6) is 5.75 Å². The predicted molar refractivity (Wildman–Crippen MR) is 141 cm³/mol. The molecular weight excluding hydrogens is 454 g/mol. The minimum atomic E-state index is -1.01. The Hall–Kier alpha value is -4.78. The topological polar surface area (TPSA) is 83.8 Å². The Balaban J connectivity index is 1.60. The number of aromatic nitrogens is 1. The highest BCUT2D eigenvalue weighted by Crippen LogP contribution is 2.43. The Labute approximate surface area is 208 Å². The second-order valence-electron chi connectivity index (χ2n) is 8.70. The van der Waals surface area contributed by atoms with Gasteiger partial charge in [0.05, 0.1) is 23.5 Å². The minimum Gasteiger partial charge on any atom is -0.478 e. The maximum absolute atomic E-state index is 12.9. The van der Waals surface area contributed by atoms with Gasteiger partial charge in [0.1, 0.15) is 0 Å². The first-order chi connectivity index (χ1) is 17.4. The van der Waals surface area contributed by atoms with Crippen molar-refractivity contribution in [3.63, 3.8) is 0 Å². The van der Waals surface area contributed by atoms with Crippen LogP contribution in [0.1, 0.15) is 34.5 Å². The molecule has 0 fully saturated rings. The van der Waals surface area contributed by atoms with Crippen LogP contribution < -0.4 is 15.0 Å². The fourth-order valence-corrected chi connectivity index (χ4v) is 4.42. The van der Waals surface area contributed by atoms with Gasteiger partial charge in [-0.2, -0.15) is 0 Å². The van der Waals surface area contributed by atoms with Gasteiger partial charge in [-0.3, -0.25) is 14.3 Å². The quantitative estimate of drug-likeness (QED) is 0.322. The van der Waals surface area contributed by atoms with Gasteiger partial charge in [-0.15, -0.1) is 0 Å². The summed E-state index contributed by atoms with van der Waals surface area (Å²) in [6.07, 6.45) is 6.82. The van der Waals surface area contributed by atoms with Gasteiger partial charge in [-0.25, -0.2) is 4.79 Å². The summed E-state index contributed by atoms with van der Waals surface area (Å²) in [5.74, 6) is -0.335. The number of carboxylic acid groups (broad SMARTS) is 1. The standard InChI is InChI=1S/C29H25N3O4/c1-4-26(33)32-17-27(31-15-20-9-5-6-10-21(20)16-31)36-28-23(13-18(2)14-25(28)32)19(3)30-24-12-8-7-11-22(24)29(34)35/h4-17,19,30H,1H2,2-3H3,(H,34,35). The molecule has 5 rings (SSSR count). The lowest BCUT2D eigenvalue weighted by molar-refractivity contribution is -0.113. The van der Waals surface area contributed by atoms with E-state index >= 15 is 0 Å². The summed E-state index contributed by atoms with van der Waals surface area (Å²) in [5, 5.41) is 15.0. The molecule has 3 aromatic carbocycles. The summed E-state index contributed by atoms with van der Waals surface area (Å²) in [5.41, 5.74) is 2.98. The second kappa shape index (κ2) is 9.11. The molecule has 1 aliphatic rings. The third-order valence-corrected chi connectivity index (χ3v) is 6.16. The van der Waals surface area contributed by atoms with Crippen molar-refractivity contribution < 1.29 is 19.4 Å². The average Bonchev–Trinajstić information content (AvgIpc) is 3.32. The summed E-state index contributed by atoms with van der Waals surface area (Å²) >= 11 is 0. The van der Waals surface area contributed by atoms with Gasteiger partial charge in [0.25, 0.3) is 5.91 Å². The van der Waals surface area contributed by atoms with E-state index in [0.717, 1.165) is 21.9 Å². The van der Waals surface area contributed by atoms with Gasteiger partial charge >= 0.3 is 5.97 Å². The van der Waals surface area contributed by atoms with E-state index in [4.69, 9.17) is 4.74 Å². The summed E-state index contributed by atoms with van der Waals surface area (Å²) in [6.45, 7) is 7.54. The zero-order valence-corrected chi connectivity index (χ0v) is 19.9. The van der Waals surface area contributed by atoms with Crippen molar-refractivity contribution in [2.24, 2.45) is 0 Å². The molecule has 36 heavy (non-hydrogen) atoms. The molecule has 0 saturated heterocycles. The molecule has 180 valence electrons. The van der Waals surface area contributed by atoms with Crippen molar-refractivity contribution in [2.45, 2.75) is 19.9 Å². The number of nitrogens with zero attached hydrogens (tertiary/aromatic N) is 2. The first-order valence-electron chi connectivity index (χ1n) is 11.5. The molecule has 0 saturated carbocycles. The number of fused-ring (bicyclic) bond motifs is 2. The number of carboxylic acids is 1. The van der Waals surface area contributed by atoms with E-state index < -0.39 is 5.97 Å². The Morgan fingerprint density at radius 1 is 1.06 bits per heavy atom. The van der Waals surface area contributed by atoms with Crippen LogP contribution in [0.15, 0.2) is 91.9 Å². The van der Waals surface area contributed by atoms with Crippen LogP contribution in [0, 0.1) is 6.92 Å². The third kappa shape index (κ3) is 4.11. The number of carbonyl (C=O) groups excluding carboxylic acids is 1. The Morgan fingerprint density at radius 2 is 1.72 bits per heavy atom. The number of nitrogens with one attached hydrogen (secondary N) is 1. The van der Waals surface area contributed by atoms with Crippen molar-refractivity contribution in [2.75, 3.05) is 10.2 Å². The average molecular weight is 480 g/mol. The molecule has 0 spiro atoms. The Kier molecular flexibility index (Phi) is 5.82. The zero-order valence-electron chi connectivity index (χ0n) is 19.9. The van der Waals surface area contributed by atoms with Crippen molar-refractivity contribution in [3.8, 4) is 5.75 Å². The number of hydrogen-bond acceptors (Lipinski definition) is 4. The van der Waals surface area contributed by atoms with Gasteiger partial charge in [0, 0.05) is 23.6 Å². The SMILES string of the molecule is C=CC(=O)N1C=C(n2cc3ccccc3c2)Oc2c(C(C)Nc3ccccc3C(=O)O)cc(C)cc21. The van der Waals surface area contributed by atoms with Crippen molar-refractivity contribution >= 4 is 39.9 Å². The monoisotopic (exact) mass is 479 g/mol. The van der Waals surface area contributed by atoms with E-state index in [0.29, 0.717) is 23.0 Å². The number of benzene rings is 3. The van der Waals surface area contributed by atoms with E-state index in [-0.39, 0.29) is 17.5 Å². The number of aromatic carboxylic acids is 1. The summed E-state index contributed by atoms with van der Waals surface area (Å²) in [7, 11) is 0. The lowest BCUT2D eigenvalue weighted by Gasteiger charge is -2.31. The van der Waals surface area contributed by atoms with Crippen LogP contribution in [0.2, 0.25) is 0 Å². The number of para-hydroxylation sites is 1. The predicted octanol–water partition coefficient (Wildman–Crippen LogP) is 6.19. The van der Waals surface area contributed by atoms with Crippen LogP contribution in [0.3, 0.4) is 0 Å². The van der Waals surface area contributed by atoms with Crippen LogP contribution >= 0.6 is 0 Å². The first-order valence-corrected chi connectivity index (χ1v) is 11.5. The van der Waals surface area contributed by atoms with E-state index in [1.54, 1.807) is 30.5 Å². The van der Waals surface area contributed by atoms with Gasteiger partial charge in [-0.1, -0.05) is 49.0 Å². The fraction of sp³-hybridized carbons (Fsp3) is 0.103. The molecule has 1 aliphatic heterocycles. The van der Waals surface area contributed by atoms with E-state index in [2.05, 4.69) is 11.9 Å². The highest BCUT2D eigenvalue weighted by atomic mass is 16.5. The molecule has 2 N–H and O–H groups in total. The van der Waals surface area contributed by atoms with Gasteiger partial charge in [-0.05, 0) is 54.5 Å². The molecule has 1 aromatic heterocycles. The number of aryl methyl sites for hydroxylation is 1. The smallest absolute Gasteiger partial charge is 0.337 e. The minimum absolute atomic E-state index is 0.176. The second-order valence-corrected chi connectivity index (χ2v) is 8.70. The van der Waals surface area contributed by atoms with Crippen LogP contribution in [0.25, 0.3) is 16.7 Å². The van der Waals surface area contributed by atoms with E-state index in [1.165, 1.54) is 11.0 Å². The highest BCUT2D eigenvalue weighted by Gasteiger charge is 2.29. The summed E-state index contributed by atoms with van der Waals surface area (Å²) < 4.78 is 8.28. The molecule has 7 heteroatoms. The number of ether oxygens (including phenoxy) is 1.